The number of hydrogen-bond acceptors (Lipinski definition) is 5. The number of rotatable bonds is 6. The molecule has 2 aromatic carbocycles. The van der Waals surface area contributed by atoms with E-state index in [4.69, 9.17) is 4.42 Å². The lowest BCUT2D eigenvalue weighted by Gasteiger charge is -2.06. The van der Waals surface area contributed by atoms with E-state index in [1.165, 1.54) is 16.3 Å². The second-order valence-corrected chi connectivity index (χ2v) is 4.77. The Balaban J connectivity index is 1.70. The molecule has 0 aliphatic heterocycles. The fourth-order valence-electron chi connectivity index (χ4n) is 2.25. The molecular formula is C16H18N4O. The van der Waals surface area contributed by atoms with Gasteiger partial charge in [0.15, 0.2) is 0 Å². The SMILES string of the molecule is CCNCc1nnc(NCc2cccc3ccccc23)o1. The van der Waals surface area contributed by atoms with Crippen LogP contribution in [-0.2, 0) is 13.1 Å². The molecular weight excluding hydrogens is 264 g/mol. The fourth-order valence-corrected chi connectivity index (χ4v) is 2.25. The van der Waals surface area contributed by atoms with Gasteiger partial charge in [-0.3, -0.25) is 0 Å². The molecule has 1 aromatic heterocycles. The Bertz CT molecular complexity index is 718. The van der Waals surface area contributed by atoms with Crippen LogP contribution < -0.4 is 10.6 Å². The van der Waals surface area contributed by atoms with Crippen LogP contribution in [0.5, 0.6) is 0 Å². The summed E-state index contributed by atoms with van der Waals surface area (Å²) in [6.07, 6.45) is 0. The van der Waals surface area contributed by atoms with Crippen molar-refractivity contribution in [3.05, 3.63) is 53.9 Å². The van der Waals surface area contributed by atoms with Gasteiger partial charge in [-0.15, -0.1) is 5.10 Å². The van der Waals surface area contributed by atoms with Gasteiger partial charge in [0.05, 0.1) is 6.54 Å². The average molecular weight is 282 g/mol. The lowest BCUT2D eigenvalue weighted by molar-refractivity contribution is 0.481. The summed E-state index contributed by atoms with van der Waals surface area (Å²) in [6.45, 7) is 4.17. The van der Waals surface area contributed by atoms with Gasteiger partial charge in [-0.1, -0.05) is 54.5 Å². The maximum atomic E-state index is 5.52. The monoisotopic (exact) mass is 282 g/mol. The van der Waals surface area contributed by atoms with Gasteiger partial charge in [-0.25, -0.2) is 0 Å². The third-order valence-corrected chi connectivity index (χ3v) is 3.30. The van der Waals surface area contributed by atoms with Gasteiger partial charge in [0, 0.05) is 6.54 Å². The quantitative estimate of drug-likeness (QED) is 0.728. The van der Waals surface area contributed by atoms with Crippen LogP contribution in [0.15, 0.2) is 46.9 Å². The average Bonchev–Trinajstić information content (AvgIpc) is 2.99. The summed E-state index contributed by atoms with van der Waals surface area (Å²) in [4.78, 5) is 0. The maximum absolute atomic E-state index is 5.52. The highest BCUT2D eigenvalue weighted by atomic mass is 16.4. The normalized spacial score (nSPS) is 10.9. The molecule has 2 N–H and O–H groups in total. The first-order valence-electron chi connectivity index (χ1n) is 7.10. The molecule has 108 valence electrons. The predicted molar refractivity (Wildman–Crippen MR) is 83.0 cm³/mol. The van der Waals surface area contributed by atoms with E-state index in [1.807, 2.05) is 19.1 Å². The molecule has 0 unspecified atom stereocenters. The summed E-state index contributed by atoms with van der Waals surface area (Å²) < 4.78 is 5.52. The molecule has 0 aliphatic rings. The van der Waals surface area contributed by atoms with Crippen molar-refractivity contribution in [2.24, 2.45) is 0 Å². The summed E-state index contributed by atoms with van der Waals surface area (Å²) in [5.41, 5.74) is 1.21. The molecule has 0 aliphatic carbocycles. The van der Waals surface area contributed by atoms with Crippen LogP contribution >= 0.6 is 0 Å². The van der Waals surface area contributed by atoms with E-state index < -0.39 is 0 Å². The summed E-state index contributed by atoms with van der Waals surface area (Å²) in [5, 5.41) is 16.8. The van der Waals surface area contributed by atoms with Gasteiger partial charge in [0.1, 0.15) is 0 Å². The van der Waals surface area contributed by atoms with Crippen LogP contribution in [0.1, 0.15) is 18.4 Å². The first kappa shape index (κ1) is 13.6. The van der Waals surface area contributed by atoms with E-state index >= 15 is 0 Å². The Morgan fingerprint density at radius 1 is 1.00 bits per heavy atom. The topological polar surface area (TPSA) is 63.0 Å². The summed E-state index contributed by atoms with van der Waals surface area (Å²) >= 11 is 0. The number of anilines is 1. The minimum Gasteiger partial charge on any atom is -0.407 e. The Labute approximate surface area is 123 Å². The summed E-state index contributed by atoms with van der Waals surface area (Å²) in [7, 11) is 0. The Morgan fingerprint density at radius 3 is 2.76 bits per heavy atom. The molecule has 0 bridgehead atoms. The van der Waals surface area contributed by atoms with Crippen molar-refractivity contribution in [2.45, 2.75) is 20.0 Å². The molecule has 0 saturated carbocycles. The molecule has 21 heavy (non-hydrogen) atoms. The molecule has 0 spiro atoms. The first-order valence-corrected chi connectivity index (χ1v) is 7.10. The highest BCUT2D eigenvalue weighted by Gasteiger charge is 2.06. The minimum absolute atomic E-state index is 0.454. The molecule has 0 saturated heterocycles. The van der Waals surface area contributed by atoms with Crippen LogP contribution in [0, 0.1) is 0 Å². The zero-order chi connectivity index (χ0) is 14.5. The van der Waals surface area contributed by atoms with Crippen molar-refractivity contribution < 1.29 is 4.42 Å². The molecule has 5 heteroatoms. The van der Waals surface area contributed by atoms with Crippen molar-refractivity contribution in [1.82, 2.24) is 15.5 Å². The molecule has 0 atom stereocenters. The van der Waals surface area contributed by atoms with Crippen molar-refractivity contribution in [2.75, 3.05) is 11.9 Å². The summed E-state index contributed by atoms with van der Waals surface area (Å²) in [6, 6.07) is 15.1. The minimum atomic E-state index is 0.454. The zero-order valence-electron chi connectivity index (χ0n) is 12.0. The second kappa shape index (κ2) is 6.37. The maximum Gasteiger partial charge on any atom is 0.315 e. The van der Waals surface area contributed by atoms with E-state index in [0.717, 1.165) is 6.54 Å². The van der Waals surface area contributed by atoms with Crippen LogP contribution in [0.2, 0.25) is 0 Å². The largest absolute Gasteiger partial charge is 0.407 e. The molecule has 0 fully saturated rings. The van der Waals surface area contributed by atoms with E-state index in [-0.39, 0.29) is 0 Å². The number of benzene rings is 2. The number of nitrogens with one attached hydrogen (secondary N) is 2. The molecule has 0 amide bonds. The summed E-state index contributed by atoms with van der Waals surface area (Å²) in [5.74, 6) is 0.595. The van der Waals surface area contributed by atoms with Gasteiger partial charge in [0.25, 0.3) is 0 Å². The van der Waals surface area contributed by atoms with Gasteiger partial charge >= 0.3 is 6.01 Å². The van der Waals surface area contributed by atoms with Crippen LogP contribution in [0.25, 0.3) is 10.8 Å². The van der Waals surface area contributed by atoms with Crippen molar-refractivity contribution in [3.63, 3.8) is 0 Å². The molecule has 3 aromatic rings. The number of hydrogen-bond donors (Lipinski definition) is 2. The fraction of sp³-hybridized carbons (Fsp3) is 0.250. The van der Waals surface area contributed by atoms with E-state index in [2.05, 4.69) is 51.2 Å². The van der Waals surface area contributed by atoms with Gasteiger partial charge in [0.2, 0.25) is 5.89 Å². The lowest BCUT2D eigenvalue weighted by Crippen LogP contribution is -2.11. The second-order valence-electron chi connectivity index (χ2n) is 4.77. The molecule has 3 rings (SSSR count). The third kappa shape index (κ3) is 3.20. The van der Waals surface area contributed by atoms with Gasteiger partial charge < -0.3 is 15.1 Å². The zero-order valence-corrected chi connectivity index (χ0v) is 12.0. The lowest BCUT2D eigenvalue weighted by atomic mass is 10.0. The van der Waals surface area contributed by atoms with Gasteiger partial charge in [-0.05, 0) is 22.9 Å². The van der Waals surface area contributed by atoms with Crippen LogP contribution in [-0.4, -0.2) is 16.7 Å². The van der Waals surface area contributed by atoms with Gasteiger partial charge in [-0.2, -0.15) is 0 Å². The van der Waals surface area contributed by atoms with Crippen molar-refractivity contribution >= 4 is 16.8 Å². The van der Waals surface area contributed by atoms with E-state index in [9.17, 15) is 0 Å². The Morgan fingerprint density at radius 2 is 1.86 bits per heavy atom. The standard InChI is InChI=1S/C16H18N4O/c1-2-17-11-15-19-20-16(21-15)18-10-13-8-5-7-12-6-3-4-9-14(12)13/h3-9,17H,2,10-11H2,1H3,(H,18,20). The molecule has 1 heterocycles. The number of nitrogens with zero attached hydrogens (tertiary/aromatic N) is 2. The number of fused-ring (bicyclic) bond motifs is 1. The van der Waals surface area contributed by atoms with E-state index in [1.54, 1.807) is 0 Å². The van der Waals surface area contributed by atoms with Crippen LogP contribution in [0.3, 0.4) is 0 Å². The number of aromatic nitrogens is 2. The van der Waals surface area contributed by atoms with Crippen molar-refractivity contribution in [1.29, 1.82) is 0 Å². The molecule has 0 radical (unpaired) electrons. The van der Waals surface area contributed by atoms with E-state index in [0.29, 0.717) is 25.0 Å². The van der Waals surface area contributed by atoms with Crippen LogP contribution in [0.4, 0.5) is 6.01 Å². The molecule has 5 nitrogen and oxygen atoms in total. The predicted octanol–water partition coefficient (Wildman–Crippen LogP) is 2.94. The first-order chi connectivity index (χ1) is 10.4. The third-order valence-electron chi connectivity index (χ3n) is 3.30. The van der Waals surface area contributed by atoms with Crippen molar-refractivity contribution in [3.8, 4) is 0 Å². The smallest absolute Gasteiger partial charge is 0.315 e. The highest BCUT2D eigenvalue weighted by molar-refractivity contribution is 5.85. The Hall–Kier alpha value is -2.40. The highest BCUT2D eigenvalue weighted by Crippen LogP contribution is 2.19. The Kier molecular flexibility index (Phi) is 4.12.